The van der Waals surface area contributed by atoms with Crippen molar-refractivity contribution in [3.05, 3.63) is 0 Å². The Hall–Kier alpha value is 0.627. The topological polar surface area (TPSA) is 20.2 Å². The van der Waals surface area contributed by atoms with Crippen molar-refractivity contribution in [3.63, 3.8) is 0 Å². The van der Waals surface area contributed by atoms with Gasteiger partial charge in [-0.2, -0.15) is 26.3 Å². The molecule has 1 N–H and O–H groups in total. The number of rotatable bonds is 0. The van der Waals surface area contributed by atoms with Gasteiger partial charge in [-0.15, -0.1) is 33.2 Å². The van der Waals surface area contributed by atoms with E-state index >= 15 is 0 Å². The van der Waals surface area contributed by atoms with Crippen molar-refractivity contribution in [2.45, 2.75) is 24.9 Å². The number of hydrogen-bond donors (Lipinski definition) is 1. The minimum absolute atomic E-state index is 0.340. The van der Waals surface area contributed by atoms with Gasteiger partial charge in [-0.3, -0.25) is 0 Å². The Morgan fingerprint density at radius 1 is 0.867 bits per heavy atom. The zero-order chi connectivity index (χ0) is 13.1. The van der Waals surface area contributed by atoms with E-state index in [9.17, 15) is 26.3 Å². The van der Waals surface area contributed by atoms with E-state index in [1.807, 2.05) is 0 Å². The van der Waals surface area contributed by atoms with E-state index < -0.39 is 24.7 Å². The summed E-state index contributed by atoms with van der Waals surface area (Å²) in [5, 5.41) is 7.94. The minimum atomic E-state index is -5.69. The van der Waals surface area contributed by atoms with Crippen molar-refractivity contribution in [1.29, 1.82) is 0 Å². The molecule has 1 nitrogen and oxygen atoms in total. The van der Waals surface area contributed by atoms with Gasteiger partial charge < -0.3 is 5.11 Å². The molecule has 0 spiro atoms. The van der Waals surface area contributed by atoms with Crippen LogP contribution in [0.3, 0.4) is 0 Å². The molecule has 0 unspecified atom stereocenters. The zero-order valence-electron chi connectivity index (χ0n) is 6.93. The van der Waals surface area contributed by atoms with Crippen molar-refractivity contribution in [1.82, 2.24) is 0 Å². The molecule has 0 aliphatic rings. The lowest BCUT2D eigenvalue weighted by atomic mass is 10.1. The van der Waals surface area contributed by atoms with Crippen LogP contribution in [-0.2, 0) is 0 Å². The molecule has 0 aliphatic carbocycles. The number of aliphatic hydroxyl groups is 1. The number of hydrogen-bond acceptors (Lipinski definition) is 1. The lowest BCUT2D eigenvalue weighted by Gasteiger charge is -2.28. The summed E-state index contributed by atoms with van der Waals surface area (Å²) in [6.45, 7) is -2.06. The van der Waals surface area contributed by atoms with Gasteiger partial charge in [0.15, 0.2) is 0 Å². The fourth-order valence-corrected chi connectivity index (χ4v) is 0.161. The largest absolute Gasteiger partial charge is 0.425 e. The molecule has 0 aromatic carbocycles. The maximum atomic E-state index is 11.4. The lowest BCUT2D eigenvalue weighted by molar-refractivity contribution is -0.360. The van der Waals surface area contributed by atoms with Crippen LogP contribution >= 0.6 is 33.2 Å². The van der Waals surface area contributed by atoms with Crippen molar-refractivity contribution in [2.75, 3.05) is 0 Å². The molecule has 0 aliphatic heterocycles. The smallest absolute Gasteiger partial charge is 0.374 e. The van der Waals surface area contributed by atoms with Crippen molar-refractivity contribution >= 4 is 40.0 Å². The van der Waals surface area contributed by atoms with E-state index in [4.69, 9.17) is 38.3 Å². The summed E-state index contributed by atoms with van der Waals surface area (Å²) in [7, 11) is 0. The fraction of sp³-hybridized carbons (Fsp3) is 1.00. The van der Waals surface area contributed by atoms with Gasteiger partial charge in [-0.05, 0) is 6.92 Å². The van der Waals surface area contributed by atoms with Crippen LogP contribution in [0.5, 0.6) is 0 Å². The summed E-state index contributed by atoms with van der Waals surface area (Å²) >= 11 is 14.8. The van der Waals surface area contributed by atoms with E-state index in [2.05, 4.69) is 0 Å². The van der Waals surface area contributed by atoms with Gasteiger partial charge in [-0.1, -0.05) is 0 Å². The molecule has 0 aromatic heterocycles. The van der Waals surface area contributed by atoms with Crippen molar-refractivity contribution in [3.8, 4) is 0 Å². The van der Waals surface area contributed by atoms with Crippen LogP contribution < -0.4 is 0 Å². The average Bonchev–Trinajstić information content (AvgIpc) is 1.79. The highest BCUT2D eigenvalue weighted by Gasteiger charge is 2.67. The van der Waals surface area contributed by atoms with Gasteiger partial charge >= 0.3 is 19.1 Å². The minimum Gasteiger partial charge on any atom is -0.374 e. The molecule has 0 rings (SSSR count). The van der Waals surface area contributed by atoms with Gasteiger partial charge in [-0.25, -0.2) is 0 Å². The number of halogens is 9. The van der Waals surface area contributed by atoms with Crippen LogP contribution in [0.15, 0.2) is 0 Å². The first kappa shape index (κ1) is 18.0. The maximum absolute atomic E-state index is 11.4. The first-order chi connectivity index (χ1) is 6.23. The summed E-state index contributed by atoms with van der Waals surface area (Å²) in [4.78, 5) is 0. The molecule has 0 radical (unpaired) electrons. The van der Waals surface area contributed by atoms with Crippen LogP contribution in [0, 0.1) is 0 Å². The van der Waals surface area contributed by atoms with Crippen molar-refractivity contribution < 1.29 is 31.4 Å². The summed E-state index contributed by atoms with van der Waals surface area (Å²) in [5.41, 5.74) is -4.62. The lowest BCUT2D eigenvalue weighted by Crippen LogP contribution is -2.54. The van der Waals surface area contributed by atoms with E-state index in [1.165, 1.54) is 0 Å². The zero-order valence-corrected chi connectivity index (χ0v) is 10.3. The summed E-state index contributed by atoms with van der Waals surface area (Å²) < 4.78 is 68.2. The molecule has 11 heteroatoms. The van der Waals surface area contributed by atoms with E-state index in [0.717, 1.165) is 0 Å². The Labute approximate surface area is 96.6 Å². The van der Waals surface area contributed by atoms with E-state index in [0.29, 0.717) is 0 Å². The normalized spacial score (nSPS) is 13.6. The standard InChI is InChI=1S/C4H4F6O.Cl3HSi/c1-2(11,3(5,6)7)4(8,9)10;1-4(2)3/h11H,1H3;4H. The van der Waals surface area contributed by atoms with Crippen LogP contribution in [0.25, 0.3) is 0 Å². The predicted octanol–water partition coefficient (Wildman–Crippen LogP) is 3.28. The average molecular weight is 318 g/mol. The van der Waals surface area contributed by atoms with Crippen LogP contribution in [0.4, 0.5) is 26.3 Å². The Balaban J connectivity index is 0. The van der Waals surface area contributed by atoms with Crippen LogP contribution in [0.1, 0.15) is 6.92 Å². The molecule has 0 aromatic rings. The van der Waals surface area contributed by atoms with Gasteiger partial charge in [0, 0.05) is 0 Å². The monoisotopic (exact) mass is 316 g/mol. The third-order valence-corrected chi connectivity index (χ3v) is 1.10. The predicted molar refractivity (Wildman–Crippen MR) is 47.4 cm³/mol. The quantitative estimate of drug-likeness (QED) is 0.413. The second-order valence-electron chi connectivity index (χ2n) is 2.32. The molecule has 0 atom stereocenters. The van der Waals surface area contributed by atoms with E-state index in [-0.39, 0.29) is 6.92 Å². The maximum Gasteiger partial charge on any atom is 0.425 e. The van der Waals surface area contributed by atoms with Gasteiger partial charge in [0.25, 0.3) is 5.60 Å². The summed E-state index contributed by atoms with van der Waals surface area (Å²) in [5.74, 6) is 0. The Kier molecular flexibility index (Phi) is 6.97. The van der Waals surface area contributed by atoms with Crippen LogP contribution in [0.2, 0.25) is 0 Å². The molecule has 94 valence electrons. The molecular formula is C4H5Cl3F6OSi. The molecule has 0 fully saturated rings. The molecule has 0 heterocycles. The first-order valence-corrected chi connectivity index (χ1v) is 8.25. The van der Waals surface area contributed by atoms with Crippen molar-refractivity contribution in [2.24, 2.45) is 0 Å². The molecule has 0 bridgehead atoms. The fourth-order valence-electron chi connectivity index (χ4n) is 0.161. The first-order valence-electron chi connectivity index (χ1n) is 3.01. The molecule has 15 heavy (non-hydrogen) atoms. The Morgan fingerprint density at radius 2 is 1.00 bits per heavy atom. The van der Waals surface area contributed by atoms with Gasteiger partial charge in [0.05, 0.1) is 0 Å². The second kappa shape index (κ2) is 5.81. The SMILES string of the molecule is CC(O)(C(F)(F)F)C(F)(F)F.Cl[SiH](Cl)Cl. The summed E-state index contributed by atoms with van der Waals surface area (Å²) in [6, 6.07) is 0. The van der Waals surface area contributed by atoms with Gasteiger partial charge in [0.1, 0.15) is 0 Å². The molecular weight excluding hydrogens is 312 g/mol. The molecule has 0 saturated heterocycles. The molecule has 0 saturated carbocycles. The third-order valence-electron chi connectivity index (χ3n) is 1.10. The molecule has 0 amide bonds. The number of alkyl halides is 6. The Morgan fingerprint density at radius 3 is 1.00 bits per heavy atom. The van der Waals surface area contributed by atoms with Crippen LogP contribution in [-0.4, -0.2) is 29.8 Å². The highest BCUT2D eigenvalue weighted by molar-refractivity contribution is 7.54. The second-order valence-corrected chi connectivity index (χ2v) is 8.75. The Bertz CT molecular complexity index is 171. The summed E-state index contributed by atoms with van der Waals surface area (Å²) in [6.07, 6.45) is -11.4. The highest BCUT2D eigenvalue weighted by atomic mass is 35.8. The highest BCUT2D eigenvalue weighted by Crippen LogP contribution is 2.42. The third kappa shape index (κ3) is 6.72. The van der Waals surface area contributed by atoms with E-state index in [1.54, 1.807) is 0 Å². The van der Waals surface area contributed by atoms with Gasteiger partial charge in [0.2, 0.25) is 0 Å².